The van der Waals surface area contributed by atoms with Gasteiger partial charge in [0.25, 0.3) is 0 Å². The molecule has 0 aromatic carbocycles. The van der Waals surface area contributed by atoms with Gasteiger partial charge in [0.15, 0.2) is 0 Å². The molecule has 3 rings (SSSR count). The molecule has 0 saturated carbocycles. The number of hydrogen-bond donors (Lipinski definition) is 2. The summed E-state index contributed by atoms with van der Waals surface area (Å²) in [5.74, 6) is -1.33. The van der Waals surface area contributed by atoms with Crippen LogP contribution in [0.25, 0.3) is 0 Å². The summed E-state index contributed by atoms with van der Waals surface area (Å²) in [4.78, 5) is 38.9. The summed E-state index contributed by atoms with van der Waals surface area (Å²) in [6.07, 6.45) is -0.664. The Hall–Kier alpha value is -1.54. The highest BCUT2D eigenvalue weighted by Crippen LogP contribution is 2.51. The predicted molar refractivity (Wildman–Crippen MR) is 92.2 cm³/mol. The standard InChI is InChI=1S/C17H24N2O5S/c1-7(2)24-17(23)14-15(25-10-5-11(21)18-6-10)8(3)13-12(9(4)20)16(22)19(13)14/h7-10,12-13,20H,5-6H2,1-4H3,(H,18,21)/t8-,9-,10-,12-,13-/m1/s1. The molecule has 0 bridgehead atoms. The minimum absolute atomic E-state index is 0.00346. The van der Waals surface area contributed by atoms with Crippen molar-refractivity contribution in [2.45, 2.75) is 57.6 Å². The van der Waals surface area contributed by atoms with Crippen molar-refractivity contribution in [3.8, 4) is 0 Å². The van der Waals surface area contributed by atoms with Crippen molar-refractivity contribution < 1.29 is 24.2 Å². The van der Waals surface area contributed by atoms with E-state index < -0.39 is 18.0 Å². The average molecular weight is 368 g/mol. The van der Waals surface area contributed by atoms with Crippen molar-refractivity contribution in [2.75, 3.05) is 6.54 Å². The normalized spacial score (nSPS) is 32.6. The van der Waals surface area contributed by atoms with Crippen LogP contribution in [0.15, 0.2) is 10.6 Å². The van der Waals surface area contributed by atoms with Crippen LogP contribution < -0.4 is 5.32 Å². The Bertz CT molecular complexity index is 645. The lowest BCUT2D eigenvalue weighted by Gasteiger charge is -2.46. The number of amides is 2. The molecule has 0 spiro atoms. The summed E-state index contributed by atoms with van der Waals surface area (Å²) in [5, 5.41) is 12.8. The number of thioether (sulfide) groups is 1. The zero-order valence-corrected chi connectivity index (χ0v) is 15.6. The molecule has 8 heteroatoms. The van der Waals surface area contributed by atoms with E-state index in [1.807, 2.05) is 6.92 Å². The minimum atomic E-state index is -0.766. The second-order valence-corrected chi connectivity index (χ2v) is 8.51. The number of nitrogens with zero attached hydrogens (tertiary/aromatic N) is 1. The number of aliphatic hydroxyl groups is 1. The fourth-order valence-electron chi connectivity index (χ4n) is 3.78. The van der Waals surface area contributed by atoms with Gasteiger partial charge in [-0.2, -0.15) is 0 Å². The molecule has 7 nitrogen and oxygen atoms in total. The zero-order valence-electron chi connectivity index (χ0n) is 14.8. The van der Waals surface area contributed by atoms with Gasteiger partial charge in [-0.15, -0.1) is 11.8 Å². The summed E-state index contributed by atoms with van der Waals surface area (Å²) >= 11 is 1.47. The smallest absolute Gasteiger partial charge is 0.356 e. The van der Waals surface area contributed by atoms with Crippen molar-refractivity contribution >= 4 is 29.5 Å². The molecule has 2 amide bonds. The fourth-order valence-corrected chi connectivity index (χ4v) is 5.19. The van der Waals surface area contributed by atoms with E-state index in [9.17, 15) is 19.5 Å². The summed E-state index contributed by atoms with van der Waals surface area (Å²) in [5.41, 5.74) is 0.289. The Morgan fingerprint density at radius 3 is 2.56 bits per heavy atom. The third kappa shape index (κ3) is 3.06. The van der Waals surface area contributed by atoms with Crippen LogP contribution in [0.2, 0.25) is 0 Å². The molecule has 5 atom stereocenters. The van der Waals surface area contributed by atoms with Crippen LogP contribution in [0.1, 0.15) is 34.1 Å². The lowest BCUT2D eigenvalue weighted by Crippen LogP contribution is -2.63. The van der Waals surface area contributed by atoms with Crippen molar-refractivity contribution in [2.24, 2.45) is 11.8 Å². The Balaban J connectivity index is 1.91. The maximum atomic E-state index is 12.6. The number of esters is 1. The SMILES string of the molecule is CC(C)OC(=O)C1=C(S[C@H]2CNC(=O)C2)[C@H](C)[C@@H]2[C@@H]([C@@H](C)O)C(=O)N12. The summed E-state index contributed by atoms with van der Waals surface area (Å²) in [6, 6.07) is -0.227. The summed E-state index contributed by atoms with van der Waals surface area (Å²) < 4.78 is 5.35. The Labute approximate surface area is 151 Å². The molecule has 3 heterocycles. The van der Waals surface area contributed by atoms with E-state index in [0.717, 1.165) is 4.91 Å². The van der Waals surface area contributed by atoms with Crippen molar-refractivity contribution in [3.05, 3.63) is 10.6 Å². The first-order chi connectivity index (χ1) is 11.7. The number of carbonyl (C=O) groups is 3. The second kappa shape index (κ2) is 6.64. The number of β-lactam (4-membered cyclic amide) rings is 1. The van der Waals surface area contributed by atoms with Crippen molar-refractivity contribution in [1.29, 1.82) is 0 Å². The minimum Gasteiger partial charge on any atom is -0.458 e. The van der Waals surface area contributed by atoms with Gasteiger partial charge in [-0.3, -0.25) is 9.59 Å². The molecular formula is C17H24N2O5S. The fraction of sp³-hybridized carbons (Fsp3) is 0.706. The molecule has 2 N–H and O–H groups in total. The number of carbonyl (C=O) groups excluding carboxylic acids is 3. The molecular weight excluding hydrogens is 344 g/mol. The lowest BCUT2D eigenvalue weighted by atomic mass is 9.79. The van der Waals surface area contributed by atoms with E-state index in [0.29, 0.717) is 13.0 Å². The van der Waals surface area contributed by atoms with Gasteiger partial charge in [0.05, 0.1) is 24.2 Å². The van der Waals surface area contributed by atoms with Crippen LogP contribution >= 0.6 is 11.8 Å². The van der Waals surface area contributed by atoms with Gasteiger partial charge in [0, 0.05) is 29.0 Å². The van der Waals surface area contributed by atoms with E-state index in [4.69, 9.17) is 4.74 Å². The molecule has 138 valence electrons. The third-order valence-electron chi connectivity index (χ3n) is 4.88. The molecule has 25 heavy (non-hydrogen) atoms. The number of nitrogens with one attached hydrogen (secondary N) is 1. The predicted octanol–water partition coefficient (Wildman–Crippen LogP) is 0.629. The number of rotatable bonds is 5. The first kappa shape index (κ1) is 18.3. The largest absolute Gasteiger partial charge is 0.458 e. The topological polar surface area (TPSA) is 95.9 Å². The van der Waals surface area contributed by atoms with E-state index in [1.54, 1.807) is 20.8 Å². The van der Waals surface area contributed by atoms with Gasteiger partial charge in [0.2, 0.25) is 11.8 Å². The maximum Gasteiger partial charge on any atom is 0.356 e. The van der Waals surface area contributed by atoms with Gasteiger partial charge in [0.1, 0.15) is 5.70 Å². The van der Waals surface area contributed by atoms with Crippen LogP contribution in [0.4, 0.5) is 0 Å². The van der Waals surface area contributed by atoms with Crippen LogP contribution in [-0.2, 0) is 19.1 Å². The highest BCUT2D eigenvalue weighted by Gasteiger charge is 2.60. The van der Waals surface area contributed by atoms with Gasteiger partial charge in [-0.1, -0.05) is 6.92 Å². The van der Waals surface area contributed by atoms with E-state index >= 15 is 0 Å². The van der Waals surface area contributed by atoms with Gasteiger partial charge < -0.3 is 20.1 Å². The van der Waals surface area contributed by atoms with E-state index in [2.05, 4.69) is 5.32 Å². The molecule has 0 aromatic heterocycles. The molecule has 0 aliphatic carbocycles. The Morgan fingerprint density at radius 2 is 2.04 bits per heavy atom. The number of ether oxygens (including phenoxy) is 1. The molecule has 0 radical (unpaired) electrons. The van der Waals surface area contributed by atoms with E-state index in [-0.39, 0.29) is 40.8 Å². The molecule has 2 saturated heterocycles. The lowest BCUT2D eigenvalue weighted by molar-refractivity contribution is -0.165. The first-order valence-electron chi connectivity index (χ1n) is 8.62. The molecule has 3 aliphatic rings. The molecule has 0 aromatic rings. The third-order valence-corrected chi connectivity index (χ3v) is 6.36. The molecule has 2 fully saturated rings. The highest BCUT2D eigenvalue weighted by atomic mass is 32.2. The molecule has 0 unspecified atom stereocenters. The van der Waals surface area contributed by atoms with Gasteiger partial charge in [-0.25, -0.2) is 4.79 Å². The van der Waals surface area contributed by atoms with Gasteiger partial charge in [-0.05, 0) is 20.8 Å². The quantitative estimate of drug-likeness (QED) is 0.546. The average Bonchev–Trinajstić information content (AvgIpc) is 3.00. The van der Waals surface area contributed by atoms with Crippen molar-refractivity contribution in [3.63, 3.8) is 0 Å². The Morgan fingerprint density at radius 1 is 1.36 bits per heavy atom. The maximum absolute atomic E-state index is 12.6. The Kier molecular flexibility index (Phi) is 4.85. The highest BCUT2D eigenvalue weighted by molar-refractivity contribution is 8.03. The number of fused-ring (bicyclic) bond motifs is 1. The summed E-state index contributed by atoms with van der Waals surface area (Å²) in [6.45, 7) is 7.63. The van der Waals surface area contributed by atoms with Crippen LogP contribution in [0.5, 0.6) is 0 Å². The zero-order chi connectivity index (χ0) is 18.5. The van der Waals surface area contributed by atoms with Crippen LogP contribution in [0.3, 0.4) is 0 Å². The van der Waals surface area contributed by atoms with Crippen LogP contribution in [-0.4, -0.2) is 57.8 Å². The number of hydrogen-bond acceptors (Lipinski definition) is 6. The molecule has 3 aliphatic heterocycles. The number of aliphatic hydroxyl groups excluding tert-OH is 1. The van der Waals surface area contributed by atoms with Crippen LogP contribution in [0, 0.1) is 11.8 Å². The monoisotopic (exact) mass is 368 g/mol. The van der Waals surface area contributed by atoms with E-state index in [1.165, 1.54) is 16.7 Å². The summed E-state index contributed by atoms with van der Waals surface area (Å²) in [7, 11) is 0. The van der Waals surface area contributed by atoms with Crippen molar-refractivity contribution in [1.82, 2.24) is 10.2 Å². The first-order valence-corrected chi connectivity index (χ1v) is 9.50. The van der Waals surface area contributed by atoms with Gasteiger partial charge >= 0.3 is 5.97 Å². The second-order valence-electron chi connectivity index (χ2n) is 7.17.